The molecule has 134 valence electrons. The molecule has 7 heteroatoms. The van der Waals surface area contributed by atoms with Gasteiger partial charge in [-0.2, -0.15) is 0 Å². The molecule has 5 nitrogen and oxygen atoms in total. The Morgan fingerprint density at radius 3 is 2.46 bits per heavy atom. The van der Waals surface area contributed by atoms with Crippen LogP contribution in [0.3, 0.4) is 0 Å². The lowest BCUT2D eigenvalue weighted by Crippen LogP contribution is -2.07. The number of nitrogens with one attached hydrogen (secondary N) is 1. The van der Waals surface area contributed by atoms with Crippen molar-refractivity contribution in [2.45, 2.75) is 6.92 Å². The number of hydrogen-bond donors (Lipinski definition) is 2. The van der Waals surface area contributed by atoms with Gasteiger partial charge in [-0.05, 0) is 41.8 Å². The Balaban J connectivity index is 0.00000243. The molecule has 0 aliphatic heterocycles. The van der Waals surface area contributed by atoms with Gasteiger partial charge < -0.3 is 15.9 Å². The van der Waals surface area contributed by atoms with E-state index in [2.05, 4.69) is 10.3 Å². The average molecular weight is 358 g/mol. The molecule has 4 N–H and O–H groups in total. The Morgan fingerprint density at radius 2 is 1.81 bits per heavy atom. The quantitative estimate of drug-likeness (QED) is 0.738. The number of aromatic carboxylic acids is 1. The van der Waals surface area contributed by atoms with E-state index in [1.807, 2.05) is 6.07 Å². The molecule has 1 heterocycles. The predicted octanol–water partition coefficient (Wildman–Crippen LogP) is 3.95. The van der Waals surface area contributed by atoms with E-state index in [-0.39, 0.29) is 22.4 Å². The van der Waals surface area contributed by atoms with Gasteiger partial charge in [-0.15, -0.1) is 0 Å². The Labute approximate surface area is 148 Å². The number of aromatic nitrogens is 1. The first-order valence-electron chi connectivity index (χ1n) is 7.48. The standard InChI is InChI=1S/C19H14F2N2O2.H2O/c1-11-14(12-6-3-2-4-7-12)10-15(20)17(16(11)21)23-18-13(19(24)25)8-5-9-22-18;/h2-10H,1H3,(H,22,23)(H,24,25);1H2. The third-order valence-corrected chi connectivity index (χ3v) is 3.83. The highest BCUT2D eigenvalue weighted by atomic mass is 19.1. The molecule has 0 spiro atoms. The molecule has 0 unspecified atom stereocenters. The Hall–Kier alpha value is -3.32. The first-order valence-corrected chi connectivity index (χ1v) is 7.48. The van der Waals surface area contributed by atoms with E-state index < -0.39 is 23.3 Å². The second-order valence-corrected chi connectivity index (χ2v) is 5.42. The van der Waals surface area contributed by atoms with Gasteiger partial charge in [0, 0.05) is 6.20 Å². The highest BCUT2D eigenvalue weighted by Gasteiger charge is 2.19. The summed E-state index contributed by atoms with van der Waals surface area (Å²) in [5, 5.41) is 11.6. The number of carboxylic acids is 1. The monoisotopic (exact) mass is 358 g/mol. The molecule has 0 fully saturated rings. The number of benzene rings is 2. The largest absolute Gasteiger partial charge is 0.478 e. The number of carboxylic acid groups (broad SMARTS) is 1. The zero-order valence-electron chi connectivity index (χ0n) is 13.8. The van der Waals surface area contributed by atoms with Crippen LogP contribution in [-0.2, 0) is 0 Å². The van der Waals surface area contributed by atoms with Gasteiger partial charge in [-0.25, -0.2) is 18.6 Å². The minimum Gasteiger partial charge on any atom is -0.478 e. The van der Waals surface area contributed by atoms with E-state index in [9.17, 15) is 13.6 Å². The summed E-state index contributed by atoms with van der Waals surface area (Å²) in [6.45, 7) is 1.54. The normalized spacial score (nSPS) is 10.1. The average Bonchev–Trinajstić information content (AvgIpc) is 2.62. The summed E-state index contributed by atoms with van der Waals surface area (Å²) in [6, 6.07) is 12.9. The molecule has 26 heavy (non-hydrogen) atoms. The third kappa shape index (κ3) is 3.52. The van der Waals surface area contributed by atoms with Crippen LogP contribution in [0.2, 0.25) is 0 Å². The molecule has 0 atom stereocenters. The molecule has 0 saturated heterocycles. The van der Waals surface area contributed by atoms with Crippen molar-refractivity contribution in [2.75, 3.05) is 5.32 Å². The number of carbonyl (C=O) groups is 1. The lowest BCUT2D eigenvalue weighted by molar-refractivity contribution is 0.0697. The van der Waals surface area contributed by atoms with E-state index in [1.54, 1.807) is 31.2 Å². The van der Waals surface area contributed by atoms with E-state index in [4.69, 9.17) is 5.11 Å². The minimum atomic E-state index is -1.24. The molecule has 0 bridgehead atoms. The molecule has 2 aromatic carbocycles. The van der Waals surface area contributed by atoms with Crippen LogP contribution in [0.5, 0.6) is 0 Å². The molecular formula is C19H16F2N2O3. The summed E-state index contributed by atoms with van der Waals surface area (Å²) >= 11 is 0. The smallest absolute Gasteiger partial charge is 0.339 e. The molecule has 1 aromatic heterocycles. The second-order valence-electron chi connectivity index (χ2n) is 5.42. The Kier molecular flexibility index (Phi) is 5.64. The van der Waals surface area contributed by atoms with Crippen molar-refractivity contribution in [1.82, 2.24) is 4.98 Å². The molecule has 3 aromatic rings. The van der Waals surface area contributed by atoms with Gasteiger partial charge in [0.05, 0.1) is 0 Å². The van der Waals surface area contributed by atoms with Crippen molar-refractivity contribution in [3.8, 4) is 11.1 Å². The summed E-state index contributed by atoms with van der Waals surface area (Å²) in [7, 11) is 0. The maximum atomic E-state index is 14.7. The van der Waals surface area contributed by atoms with Gasteiger partial charge in [0.25, 0.3) is 0 Å². The highest BCUT2D eigenvalue weighted by molar-refractivity contribution is 5.94. The van der Waals surface area contributed by atoms with Crippen LogP contribution in [0.25, 0.3) is 11.1 Å². The topological polar surface area (TPSA) is 93.7 Å². The van der Waals surface area contributed by atoms with Crippen LogP contribution in [0.15, 0.2) is 54.7 Å². The fourth-order valence-electron chi connectivity index (χ4n) is 2.55. The third-order valence-electron chi connectivity index (χ3n) is 3.83. The van der Waals surface area contributed by atoms with Crippen LogP contribution < -0.4 is 5.32 Å². The maximum Gasteiger partial charge on any atom is 0.339 e. The van der Waals surface area contributed by atoms with Gasteiger partial charge in [0.2, 0.25) is 0 Å². The van der Waals surface area contributed by atoms with Gasteiger partial charge >= 0.3 is 5.97 Å². The van der Waals surface area contributed by atoms with Crippen molar-refractivity contribution < 1.29 is 24.2 Å². The maximum absolute atomic E-state index is 14.7. The first kappa shape index (κ1) is 19.0. The van der Waals surface area contributed by atoms with Crippen molar-refractivity contribution in [2.24, 2.45) is 0 Å². The number of halogens is 2. The van der Waals surface area contributed by atoms with Gasteiger partial charge in [-0.3, -0.25) is 0 Å². The summed E-state index contributed by atoms with van der Waals surface area (Å²) in [5.74, 6) is -2.99. The molecule has 3 rings (SSSR count). The molecule has 0 saturated carbocycles. The van der Waals surface area contributed by atoms with Gasteiger partial charge in [0.1, 0.15) is 22.9 Å². The van der Waals surface area contributed by atoms with Crippen LogP contribution in [0, 0.1) is 18.6 Å². The molecule has 0 radical (unpaired) electrons. The summed E-state index contributed by atoms with van der Waals surface area (Å²) in [6.07, 6.45) is 1.34. The lowest BCUT2D eigenvalue weighted by atomic mass is 9.99. The molecule has 0 aliphatic rings. The van der Waals surface area contributed by atoms with Crippen molar-refractivity contribution in [3.63, 3.8) is 0 Å². The molecule has 0 aliphatic carbocycles. The highest BCUT2D eigenvalue weighted by Crippen LogP contribution is 2.33. The van der Waals surface area contributed by atoms with Crippen LogP contribution in [-0.4, -0.2) is 21.5 Å². The fraction of sp³-hybridized carbons (Fsp3) is 0.0526. The zero-order chi connectivity index (χ0) is 18.0. The SMILES string of the molecule is Cc1c(-c2ccccc2)cc(F)c(Nc2ncccc2C(=O)O)c1F.O. The number of rotatable bonds is 4. The van der Waals surface area contributed by atoms with Gasteiger partial charge in [0.15, 0.2) is 5.82 Å². The number of hydrogen-bond acceptors (Lipinski definition) is 3. The lowest BCUT2D eigenvalue weighted by Gasteiger charge is -2.15. The predicted molar refractivity (Wildman–Crippen MR) is 94.6 cm³/mol. The molecule has 0 amide bonds. The second kappa shape index (κ2) is 7.71. The van der Waals surface area contributed by atoms with Crippen molar-refractivity contribution in [3.05, 3.63) is 77.5 Å². The summed E-state index contributed by atoms with van der Waals surface area (Å²) < 4.78 is 29.3. The van der Waals surface area contributed by atoms with Gasteiger partial charge in [-0.1, -0.05) is 30.3 Å². The zero-order valence-corrected chi connectivity index (χ0v) is 13.8. The van der Waals surface area contributed by atoms with Crippen LogP contribution >= 0.6 is 0 Å². The molecular weight excluding hydrogens is 342 g/mol. The Bertz CT molecular complexity index is 947. The van der Waals surface area contributed by atoms with E-state index in [1.165, 1.54) is 24.4 Å². The van der Waals surface area contributed by atoms with Crippen LogP contribution in [0.4, 0.5) is 20.3 Å². The van der Waals surface area contributed by atoms with E-state index in [0.29, 0.717) is 11.1 Å². The number of anilines is 2. The van der Waals surface area contributed by atoms with Crippen LogP contribution in [0.1, 0.15) is 15.9 Å². The number of pyridine rings is 1. The minimum absolute atomic E-state index is 0. The van der Waals surface area contributed by atoms with Crippen molar-refractivity contribution in [1.29, 1.82) is 0 Å². The number of nitrogens with zero attached hydrogens (tertiary/aromatic N) is 1. The Morgan fingerprint density at radius 1 is 1.12 bits per heavy atom. The van der Waals surface area contributed by atoms with E-state index >= 15 is 0 Å². The van der Waals surface area contributed by atoms with E-state index in [0.717, 1.165) is 0 Å². The summed E-state index contributed by atoms with van der Waals surface area (Å²) in [4.78, 5) is 15.1. The first-order chi connectivity index (χ1) is 12.0. The summed E-state index contributed by atoms with van der Waals surface area (Å²) in [5.41, 5.74) is 0.765. The fourth-order valence-corrected chi connectivity index (χ4v) is 2.55. The van der Waals surface area contributed by atoms with Crippen molar-refractivity contribution >= 4 is 17.5 Å².